The minimum Gasteiger partial charge on any atom is -0.477 e. The van der Waals surface area contributed by atoms with Crippen LogP contribution in [0, 0.1) is 0 Å². The Labute approximate surface area is 119 Å². The lowest BCUT2D eigenvalue weighted by atomic mass is 10.3. The molecule has 0 bridgehead atoms. The van der Waals surface area contributed by atoms with E-state index in [4.69, 9.17) is 4.74 Å². The van der Waals surface area contributed by atoms with E-state index < -0.39 is 17.2 Å². The summed E-state index contributed by atoms with van der Waals surface area (Å²) < 4.78 is 8.68. The van der Waals surface area contributed by atoms with Gasteiger partial charge in [-0.3, -0.25) is 13.9 Å². The summed E-state index contributed by atoms with van der Waals surface area (Å²) in [4.78, 5) is 35.5. The van der Waals surface area contributed by atoms with E-state index >= 15 is 0 Å². The standard InChI is InChI=1S/C13H17N3O5/c1-14-10-8(11(17)15(2)13(14)20)7-9(12(18)19)16(10)5-4-6-21-3/h7H,4-6H2,1-3H3,(H,18,19). The summed E-state index contributed by atoms with van der Waals surface area (Å²) in [6, 6.07) is 1.31. The molecule has 8 heteroatoms. The van der Waals surface area contributed by atoms with Crippen molar-refractivity contribution in [3.8, 4) is 0 Å². The fraction of sp³-hybridized carbons (Fsp3) is 0.462. The highest BCUT2D eigenvalue weighted by Crippen LogP contribution is 2.16. The first-order valence-electron chi connectivity index (χ1n) is 6.41. The number of carboxylic acid groups (broad SMARTS) is 1. The molecule has 2 aromatic heterocycles. The molecule has 114 valence electrons. The highest BCUT2D eigenvalue weighted by Gasteiger charge is 2.20. The Balaban J connectivity index is 2.80. The van der Waals surface area contributed by atoms with E-state index in [0.717, 1.165) is 4.57 Å². The summed E-state index contributed by atoms with van der Waals surface area (Å²) in [5.74, 6) is -1.14. The van der Waals surface area contributed by atoms with Crippen molar-refractivity contribution in [2.45, 2.75) is 13.0 Å². The average Bonchev–Trinajstić information content (AvgIpc) is 2.83. The van der Waals surface area contributed by atoms with Gasteiger partial charge in [0.25, 0.3) is 5.56 Å². The normalized spacial score (nSPS) is 11.2. The van der Waals surface area contributed by atoms with Crippen LogP contribution in [0.1, 0.15) is 16.9 Å². The highest BCUT2D eigenvalue weighted by atomic mass is 16.5. The summed E-state index contributed by atoms with van der Waals surface area (Å²) in [6.07, 6.45) is 0.573. The molecule has 2 rings (SSSR count). The van der Waals surface area contributed by atoms with Gasteiger partial charge >= 0.3 is 11.7 Å². The van der Waals surface area contributed by atoms with Gasteiger partial charge in [0.05, 0.1) is 5.39 Å². The van der Waals surface area contributed by atoms with E-state index in [1.165, 1.54) is 29.3 Å². The van der Waals surface area contributed by atoms with E-state index in [-0.39, 0.29) is 11.1 Å². The van der Waals surface area contributed by atoms with E-state index in [9.17, 15) is 19.5 Å². The smallest absolute Gasteiger partial charge is 0.352 e. The molecule has 8 nitrogen and oxygen atoms in total. The number of aromatic nitrogens is 3. The van der Waals surface area contributed by atoms with Gasteiger partial charge in [-0.1, -0.05) is 0 Å². The van der Waals surface area contributed by atoms with Gasteiger partial charge in [-0.05, 0) is 12.5 Å². The van der Waals surface area contributed by atoms with E-state index in [2.05, 4.69) is 0 Å². The number of fused-ring (bicyclic) bond motifs is 1. The maximum atomic E-state index is 12.1. The van der Waals surface area contributed by atoms with Crippen molar-refractivity contribution in [2.24, 2.45) is 14.1 Å². The molecular formula is C13H17N3O5. The van der Waals surface area contributed by atoms with Crippen molar-refractivity contribution < 1.29 is 14.6 Å². The number of aryl methyl sites for hydroxylation is 2. The molecule has 0 aliphatic heterocycles. The first-order valence-corrected chi connectivity index (χ1v) is 6.41. The summed E-state index contributed by atoms with van der Waals surface area (Å²) >= 11 is 0. The third-order valence-corrected chi connectivity index (χ3v) is 3.44. The van der Waals surface area contributed by atoms with Crippen LogP contribution in [0.15, 0.2) is 15.7 Å². The number of rotatable bonds is 5. The Morgan fingerprint density at radius 3 is 2.52 bits per heavy atom. The molecule has 2 heterocycles. The SMILES string of the molecule is COCCCn1c(C(=O)O)cc2c(=O)n(C)c(=O)n(C)c21. The predicted octanol–water partition coefficient (Wildman–Crippen LogP) is -0.227. The Kier molecular flexibility index (Phi) is 3.99. The molecule has 0 fully saturated rings. The Bertz CT molecular complexity index is 812. The minimum absolute atomic E-state index is 0.0144. The molecule has 0 spiro atoms. The zero-order valence-corrected chi connectivity index (χ0v) is 12.1. The molecule has 0 aliphatic rings. The van der Waals surface area contributed by atoms with Gasteiger partial charge in [-0.15, -0.1) is 0 Å². The van der Waals surface area contributed by atoms with Crippen LogP contribution in [0.5, 0.6) is 0 Å². The summed E-state index contributed by atoms with van der Waals surface area (Å²) in [5.41, 5.74) is -0.687. The van der Waals surface area contributed by atoms with E-state index in [0.29, 0.717) is 25.2 Å². The van der Waals surface area contributed by atoms with Gasteiger partial charge in [-0.25, -0.2) is 9.59 Å². The monoisotopic (exact) mass is 295 g/mol. The quantitative estimate of drug-likeness (QED) is 0.769. The largest absolute Gasteiger partial charge is 0.477 e. The summed E-state index contributed by atoms with van der Waals surface area (Å²) in [7, 11) is 4.44. The number of hydrogen-bond donors (Lipinski definition) is 1. The number of carbonyl (C=O) groups is 1. The molecule has 0 saturated heterocycles. The van der Waals surface area contributed by atoms with Gasteiger partial charge in [0, 0.05) is 34.4 Å². The lowest BCUT2D eigenvalue weighted by molar-refractivity contribution is 0.0684. The van der Waals surface area contributed by atoms with Crippen LogP contribution >= 0.6 is 0 Å². The lowest BCUT2D eigenvalue weighted by Gasteiger charge is -2.11. The van der Waals surface area contributed by atoms with Crippen LogP contribution in [0.25, 0.3) is 11.0 Å². The Hall–Kier alpha value is -2.35. The third kappa shape index (κ3) is 2.38. The number of hydrogen-bond acceptors (Lipinski definition) is 4. The first kappa shape index (κ1) is 15.0. The van der Waals surface area contributed by atoms with Crippen LogP contribution in [0.3, 0.4) is 0 Å². The fourth-order valence-electron chi connectivity index (χ4n) is 2.41. The molecule has 21 heavy (non-hydrogen) atoms. The lowest BCUT2D eigenvalue weighted by Crippen LogP contribution is -2.37. The second kappa shape index (κ2) is 5.57. The van der Waals surface area contributed by atoms with Crippen LogP contribution in [0.2, 0.25) is 0 Å². The molecule has 0 aromatic carbocycles. The fourth-order valence-corrected chi connectivity index (χ4v) is 2.41. The molecule has 0 amide bonds. The van der Waals surface area contributed by atoms with Crippen molar-refractivity contribution in [3.63, 3.8) is 0 Å². The minimum atomic E-state index is -1.14. The second-order valence-electron chi connectivity index (χ2n) is 4.78. The average molecular weight is 295 g/mol. The molecule has 0 atom stereocenters. The van der Waals surface area contributed by atoms with Crippen molar-refractivity contribution in [1.29, 1.82) is 0 Å². The maximum Gasteiger partial charge on any atom is 0.352 e. The molecule has 0 radical (unpaired) electrons. The van der Waals surface area contributed by atoms with Crippen LogP contribution in [0.4, 0.5) is 0 Å². The van der Waals surface area contributed by atoms with Crippen LogP contribution in [-0.4, -0.2) is 38.5 Å². The van der Waals surface area contributed by atoms with E-state index in [1.54, 1.807) is 7.11 Å². The second-order valence-corrected chi connectivity index (χ2v) is 4.78. The number of aromatic carboxylic acids is 1. The van der Waals surface area contributed by atoms with E-state index in [1.807, 2.05) is 0 Å². The van der Waals surface area contributed by atoms with Crippen molar-refractivity contribution in [2.75, 3.05) is 13.7 Å². The molecular weight excluding hydrogens is 278 g/mol. The van der Waals surface area contributed by atoms with Crippen molar-refractivity contribution in [3.05, 3.63) is 32.6 Å². The highest BCUT2D eigenvalue weighted by molar-refractivity contribution is 5.93. The molecule has 2 aromatic rings. The molecule has 0 unspecified atom stereocenters. The molecule has 1 N–H and O–H groups in total. The summed E-state index contributed by atoms with van der Waals surface area (Å²) in [5, 5.41) is 9.51. The zero-order chi connectivity index (χ0) is 15.7. The van der Waals surface area contributed by atoms with Gasteiger partial charge in [0.2, 0.25) is 0 Å². The predicted molar refractivity (Wildman–Crippen MR) is 75.9 cm³/mol. The Morgan fingerprint density at radius 2 is 1.95 bits per heavy atom. The first-order chi connectivity index (χ1) is 9.90. The van der Waals surface area contributed by atoms with Crippen LogP contribution < -0.4 is 11.2 Å². The topological polar surface area (TPSA) is 95.5 Å². The summed E-state index contributed by atoms with van der Waals surface area (Å²) in [6.45, 7) is 0.803. The van der Waals surface area contributed by atoms with Crippen LogP contribution in [-0.2, 0) is 25.4 Å². The van der Waals surface area contributed by atoms with Crippen molar-refractivity contribution >= 4 is 17.0 Å². The number of nitrogens with zero attached hydrogens (tertiary/aromatic N) is 3. The molecule has 0 aliphatic carbocycles. The van der Waals surface area contributed by atoms with Gasteiger partial charge in [-0.2, -0.15) is 0 Å². The maximum absolute atomic E-state index is 12.1. The Morgan fingerprint density at radius 1 is 1.29 bits per heavy atom. The van der Waals surface area contributed by atoms with Gasteiger partial charge < -0.3 is 14.4 Å². The number of ether oxygens (including phenoxy) is 1. The zero-order valence-electron chi connectivity index (χ0n) is 12.1. The van der Waals surface area contributed by atoms with Crippen molar-refractivity contribution in [1.82, 2.24) is 13.7 Å². The van der Waals surface area contributed by atoms with Gasteiger partial charge in [0.1, 0.15) is 11.3 Å². The number of carboxylic acids is 1. The van der Waals surface area contributed by atoms with Gasteiger partial charge in [0.15, 0.2) is 0 Å². The number of methoxy groups -OCH3 is 1. The molecule has 0 saturated carbocycles. The third-order valence-electron chi connectivity index (χ3n) is 3.44.